The molecule has 104 valence electrons. The van der Waals surface area contributed by atoms with E-state index in [0.29, 0.717) is 5.69 Å². The van der Waals surface area contributed by atoms with Crippen LogP contribution in [0.25, 0.3) is 0 Å². The van der Waals surface area contributed by atoms with Gasteiger partial charge in [-0.25, -0.2) is 13.4 Å². The predicted molar refractivity (Wildman–Crippen MR) is 76.2 cm³/mol. The first kappa shape index (κ1) is 14.0. The van der Waals surface area contributed by atoms with E-state index in [9.17, 15) is 13.2 Å². The van der Waals surface area contributed by atoms with Crippen LogP contribution in [-0.4, -0.2) is 25.6 Å². The minimum absolute atomic E-state index is 0.137. The molecule has 0 bridgehead atoms. The standard InChI is InChI=1S/C13H13N3O3S/c1-20(18,19)10-6-4-9(5-7-10)16-13(17)11-3-2-8-15-12(11)14/h2-8H,1H3,(H2,14,15)(H,16,17). The maximum atomic E-state index is 12.0. The molecule has 0 fully saturated rings. The number of pyridine rings is 1. The zero-order valence-electron chi connectivity index (χ0n) is 10.7. The van der Waals surface area contributed by atoms with Gasteiger partial charge in [-0.15, -0.1) is 0 Å². The summed E-state index contributed by atoms with van der Waals surface area (Å²) in [5, 5.41) is 2.62. The van der Waals surface area contributed by atoms with Gasteiger partial charge in [-0.05, 0) is 36.4 Å². The van der Waals surface area contributed by atoms with E-state index in [0.717, 1.165) is 6.26 Å². The van der Waals surface area contributed by atoms with Crippen molar-refractivity contribution in [1.82, 2.24) is 4.98 Å². The first-order valence-corrected chi connectivity index (χ1v) is 7.59. The molecule has 1 aromatic carbocycles. The lowest BCUT2D eigenvalue weighted by Crippen LogP contribution is -2.14. The van der Waals surface area contributed by atoms with Crippen molar-refractivity contribution in [3.63, 3.8) is 0 Å². The van der Waals surface area contributed by atoms with Gasteiger partial charge in [-0.3, -0.25) is 4.79 Å². The third-order valence-electron chi connectivity index (χ3n) is 2.62. The number of benzene rings is 1. The van der Waals surface area contributed by atoms with Crippen LogP contribution in [0.2, 0.25) is 0 Å². The van der Waals surface area contributed by atoms with Gasteiger partial charge in [0.05, 0.1) is 10.5 Å². The number of carbonyl (C=O) groups excluding carboxylic acids is 1. The lowest BCUT2D eigenvalue weighted by atomic mass is 10.2. The Bertz CT molecular complexity index is 740. The van der Waals surface area contributed by atoms with Crippen molar-refractivity contribution in [1.29, 1.82) is 0 Å². The molecule has 1 aromatic heterocycles. The van der Waals surface area contributed by atoms with Crippen LogP contribution in [-0.2, 0) is 9.84 Å². The Kier molecular flexibility index (Phi) is 3.71. The molecule has 1 heterocycles. The van der Waals surface area contributed by atoms with Crippen LogP contribution >= 0.6 is 0 Å². The van der Waals surface area contributed by atoms with Gasteiger partial charge in [0.25, 0.3) is 5.91 Å². The highest BCUT2D eigenvalue weighted by atomic mass is 32.2. The molecule has 0 aliphatic heterocycles. The van der Waals surface area contributed by atoms with Crippen molar-refractivity contribution < 1.29 is 13.2 Å². The van der Waals surface area contributed by atoms with Crippen molar-refractivity contribution in [3.05, 3.63) is 48.2 Å². The van der Waals surface area contributed by atoms with Crippen LogP contribution < -0.4 is 11.1 Å². The second-order valence-corrected chi connectivity index (χ2v) is 6.20. The summed E-state index contributed by atoms with van der Waals surface area (Å²) in [6.45, 7) is 0. The molecule has 7 heteroatoms. The van der Waals surface area contributed by atoms with Gasteiger partial charge < -0.3 is 11.1 Å². The molecule has 0 atom stereocenters. The summed E-state index contributed by atoms with van der Waals surface area (Å²) in [4.78, 5) is 16.0. The van der Waals surface area contributed by atoms with E-state index in [1.807, 2.05) is 0 Å². The maximum absolute atomic E-state index is 12.0. The number of hydrogen-bond donors (Lipinski definition) is 2. The Balaban J connectivity index is 2.19. The molecular formula is C13H13N3O3S. The molecular weight excluding hydrogens is 278 g/mol. The van der Waals surface area contributed by atoms with Gasteiger partial charge in [0.2, 0.25) is 0 Å². The molecule has 0 saturated carbocycles. The lowest BCUT2D eigenvalue weighted by Gasteiger charge is -2.07. The number of nitrogen functional groups attached to an aromatic ring is 1. The summed E-state index contributed by atoms with van der Waals surface area (Å²) in [7, 11) is -3.25. The maximum Gasteiger partial charge on any atom is 0.259 e. The molecule has 2 rings (SSSR count). The van der Waals surface area contributed by atoms with E-state index in [4.69, 9.17) is 5.73 Å². The van der Waals surface area contributed by atoms with Crippen LogP contribution in [0.15, 0.2) is 47.5 Å². The van der Waals surface area contributed by atoms with Gasteiger partial charge in [0.15, 0.2) is 9.84 Å². The van der Waals surface area contributed by atoms with Crippen molar-refractivity contribution in [2.45, 2.75) is 4.90 Å². The Morgan fingerprint density at radius 3 is 2.40 bits per heavy atom. The number of sulfone groups is 1. The average molecular weight is 291 g/mol. The SMILES string of the molecule is CS(=O)(=O)c1ccc(NC(=O)c2cccnc2N)cc1. The minimum atomic E-state index is -3.25. The molecule has 0 aliphatic carbocycles. The van der Waals surface area contributed by atoms with E-state index >= 15 is 0 Å². The Morgan fingerprint density at radius 1 is 1.20 bits per heavy atom. The number of aromatic nitrogens is 1. The molecule has 2 aromatic rings. The van der Waals surface area contributed by atoms with E-state index in [-0.39, 0.29) is 16.3 Å². The third-order valence-corrected chi connectivity index (χ3v) is 3.75. The molecule has 20 heavy (non-hydrogen) atoms. The van der Waals surface area contributed by atoms with E-state index in [1.54, 1.807) is 12.1 Å². The fourth-order valence-electron chi connectivity index (χ4n) is 1.59. The van der Waals surface area contributed by atoms with Gasteiger partial charge in [-0.2, -0.15) is 0 Å². The predicted octanol–water partition coefficient (Wildman–Crippen LogP) is 1.32. The molecule has 0 aliphatic rings. The number of nitrogens with two attached hydrogens (primary N) is 1. The van der Waals surface area contributed by atoms with Crippen LogP contribution in [0, 0.1) is 0 Å². The second kappa shape index (κ2) is 5.30. The summed E-state index contributed by atoms with van der Waals surface area (Å²) in [5.41, 5.74) is 6.35. The Labute approximate surface area is 116 Å². The first-order valence-electron chi connectivity index (χ1n) is 5.70. The molecule has 0 saturated heterocycles. The molecule has 0 unspecified atom stereocenters. The van der Waals surface area contributed by atoms with Crippen LogP contribution in [0.5, 0.6) is 0 Å². The minimum Gasteiger partial charge on any atom is -0.383 e. The number of amides is 1. The van der Waals surface area contributed by atoms with Crippen molar-refractivity contribution in [2.24, 2.45) is 0 Å². The van der Waals surface area contributed by atoms with Crippen LogP contribution in [0.4, 0.5) is 11.5 Å². The topological polar surface area (TPSA) is 102 Å². The highest BCUT2D eigenvalue weighted by molar-refractivity contribution is 7.90. The quantitative estimate of drug-likeness (QED) is 0.888. The lowest BCUT2D eigenvalue weighted by molar-refractivity contribution is 0.102. The summed E-state index contributed by atoms with van der Waals surface area (Å²) >= 11 is 0. The number of anilines is 2. The average Bonchev–Trinajstić information content (AvgIpc) is 2.38. The number of hydrogen-bond acceptors (Lipinski definition) is 5. The van der Waals surface area contributed by atoms with Gasteiger partial charge in [0.1, 0.15) is 5.82 Å². The van der Waals surface area contributed by atoms with Crippen molar-refractivity contribution >= 4 is 27.2 Å². The third kappa shape index (κ3) is 3.12. The van der Waals surface area contributed by atoms with Crippen molar-refractivity contribution in [2.75, 3.05) is 17.3 Å². The molecule has 1 amide bonds. The van der Waals surface area contributed by atoms with Crippen LogP contribution in [0.1, 0.15) is 10.4 Å². The highest BCUT2D eigenvalue weighted by Gasteiger charge is 2.11. The summed E-state index contributed by atoms with van der Waals surface area (Å²) in [6.07, 6.45) is 2.62. The Morgan fingerprint density at radius 2 is 1.85 bits per heavy atom. The zero-order valence-corrected chi connectivity index (χ0v) is 11.5. The summed E-state index contributed by atoms with van der Waals surface area (Å²) < 4.78 is 22.6. The molecule has 3 N–H and O–H groups in total. The number of carbonyl (C=O) groups is 1. The monoisotopic (exact) mass is 291 g/mol. The number of nitrogens with one attached hydrogen (secondary N) is 1. The summed E-state index contributed by atoms with van der Waals surface area (Å²) in [5.74, 6) is -0.263. The zero-order chi connectivity index (χ0) is 14.8. The van der Waals surface area contributed by atoms with Crippen LogP contribution in [0.3, 0.4) is 0 Å². The molecule has 6 nitrogen and oxygen atoms in total. The summed E-state index contributed by atoms with van der Waals surface area (Å²) in [6, 6.07) is 9.05. The fourth-order valence-corrected chi connectivity index (χ4v) is 2.22. The largest absolute Gasteiger partial charge is 0.383 e. The number of rotatable bonds is 3. The number of nitrogens with zero attached hydrogens (tertiary/aromatic N) is 1. The molecule has 0 spiro atoms. The second-order valence-electron chi connectivity index (χ2n) is 4.19. The van der Waals surface area contributed by atoms with Gasteiger partial charge in [-0.1, -0.05) is 0 Å². The van der Waals surface area contributed by atoms with Gasteiger partial charge in [0, 0.05) is 18.1 Å². The highest BCUT2D eigenvalue weighted by Crippen LogP contribution is 2.16. The van der Waals surface area contributed by atoms with Gasteiger partial charge >= 0.3 is 0 Å². The normalized spacial score (nSPS) is 11.1. The fraction of sp³-hybridized carbons (Fsp3) is 0.0769. The Hall–Kier alpha value is -2.41. The van der Waals surface area contributed by atoms with E-state index in [1.165, 1.54) is 30.5 Å². The first-order chi connectivity index (χ1) is 9.38. The van der Waals surface area contributed by atoms with E-state index in [2.05, 4.69) is 10.3 Å². The van der Waals surface area contributed by atoms with Crippen molar-refractivity contribution in [3.8, 4) is 0 Å². The smallest absolute Gasteiger partial charge is 0.259 e. The van der Waals surface area contributed by atoms with E-state index < -0.39 is 15.7 Å². The molecule has 0 radical (unpaired) electrons.